The molecule has 0 aromatic rings. The number of methoxy groups -OCH3 is 1. The van der Waals surface area contributed by atoms with E-state index in [2.05, 4.69) is 10.1 Å². The largest absolute Gasteiger partial charge is 0.466 e. The molecule has 1 rings (SSSR count). The maximum Gasteiger partial charge on any atom is 0.333 e. The Labute approximate surface area is 109 Å². The molecule has 1 heterocycles. The molecule has 0 aromatic heterocycles. The highest BCUT2D eigenvalue weighted by Crippen LogP contribution is 2.17. The van der Waals surface area contributed by atoms with Gasteiger partial charge in [0.25, 0.3) is 0 Å². The number of esters is 1. The number of hydrogen-bond acceptors (Lipinski definition) is 5. The summed E-state index contributed by atoms with van der Waals surface area (Å²) in [6, 6.07) is 0. The van der Waals surface area contributed by atoms with Crippen molar-refractivity contribution in [2.45, 2.75) is 19.8 Å². The second kappa shape index (κ2) is 6.89. The molecule has 1 atom stereocenters. The van der Waals surface area contributed by atoms with Crippen LogP contribution in [-0.2, 0) is 19.4 Å². The van der Waals surface area contributed by atoms with E-state index in [9.17, 15) is 13.2 Å². The first-order valence-electron chi connectivity index (χ1n) is 6.17. The van der Waals surface area contributed by atoms with Gasteiger partial charge < -0.3 is 10.1 Å². The van der Waals surface area contributed by atoms with E-state index in [0.29, 0.717) is 30.8 Å². The van der Waals surface area contributed by atoms with Gasteiger partial charge >= 0.3 is 5.97 Å². The van der Waals surface area contributed by atoms with Crippen LogP contribution in [-0.4, -0.2) is 46.1 Å². The van der Waals surface area contributed by atoms with Gasteiger partial charge in [-0.25, -0.2) is 13.2 Å². The van der Waals surface area contributed by atoms with Crippen LogP contribution in [0.1, 0.15) is 19.8 Å². The van der Waals surface area contributed by atoms with Crippen molar-refractivity contribution in [2.24, 2.45) is 5.92 Å². The Balaban J connectivity index is 2.30. The molecule has 0 aliphatic carbocycles. The smallest absolute Gasteiger partial charge is 0.333 e. The van der Waals surface area contributed by atoms with Crippen molar-refractivity contribution in [3.8, 4) is 0 Å². The second-order valence-corrected chi connectivity index (χ2v) is 6.73. The monoisotopic (exact) mass is 275 g/mol. The molecule has 1 N–H and O–H groups in total. The molecule has 0 amide bonds. The lowest BCUT2D eigenvalue weighted by atomic mass is 10.1. The number of nitrogens with one attached hydrogen (secondary N) is 1. The number of ether oxygens (including phenoxy) is 1. The van der Waals surface area contributed by atoms with Gasteiger partial charge in [0.1, 0.15) is 0 Å². The van der Waals surface area contributed by atoms with Crippen molar-refractivity contribution in [1.29, 1.82) is 0 Å². The average molecular weight is 275 g/mol. The van der Waals surface area contributed by atoms with Crippen LogP contribution in [0.3, 0.4) is 0 Å². The van der Waals surface area contributed by atoms with Crippen LogP contribution in [0, 0.1) is 5.92 Å². The quantitative estimate of drug-likeness (QED) is 0.435. The Kier molecular flexibility index (Phi) is 5.81. The van der Waals surface area contributed by atoms with Gasteiger partial charge in [-0.3, -0.25) is 0 Å². The van der Waals surface area contributed by atoms with Crippen molar-refractivity contribution in [3.05, 3.63) is 11.6 Å². The molecule has 0 bridgehead atoms. The zero-order chi connectivity index (χ0) is 13.6. The summed E-state index contributed by atoms with van der Waals surface area (Å²) in [6.45, 7) is 3.13. The third kappa shape index (κ3) is 4.78. The minimum absolute atomic E-state index is 0.201. The summed E-state index contributed by atoms with van der Waals surface area (Å²) < 4.78 is 27.2. The van der Waals surface area contributed by atoms with Crippen LogP contribution < -0.4 is 5.32 Å². The minimum atomic E-state index is -2.80. The van der Waals surface area contributed by atoms with Crippen LogP contribution in [0.2, 0.25) is 0 Å². The molecule has 1 aliphatic heterocycles. The van der Waals surface area contributed by atoms with Crippen LogP contribution >= 0.6 is 0 Å². The number of carbonyl (C=O) groups excluding carboxylic acids is 1. The predicted molar refractivity (Wildman–Crippen MR) is 70.0 cm³/mol. The van der Waals surface area contributed by atoms with Gasteiger partial charge in [0, 0.05) is 12.1 Å². The van der Waals surface area contributed by atoms with Gasteiger partial charge in [-0.15, -0.1) is 0 Å². The number of carbonyl (C=O) groups is 1. The molecule has 0 radical (unpaired) electrons. The highest BCUT2D eigenvalue weighted by molar-refractivity contribution is 7.91. The van der Waals surface area contributed by atoms with Gasteiger partial charge in [0.2, 0.25) is 0 Å². The fourth-order valence-electron chi connectivity index (χ4n) is 2.02. The van der Waals surface area contributed by atoms with E-state index in [0.717, 1.165) is 6.42 Å². The fraction of sp³-hybridized carbons (Fsp3) is 0.750. The molecule has 18 heavy (non-hydrogen) atoms. The molecule has 1 saturated heterocycles. The highest BCUT2D eigenvalue weighted by atomic mass is 32.2. The predicted octanol–water partition coefficient (Wildman–Crippen LogP) is 0.520. The minimum Gasteiger partial charge on any atom is -0.466 e. The molecule has 1 aliphatic rings. The highest BCUT2D eigenvalue weighted by Gasteiger charge is 2.27. The molecule has 0 saturated carbocycles. The molecule has 104 valence electrons. The van der Waals surface area contributed by atoms with E-state index in [1.165, 1.54) is 7.11 Å². The number of sulfone groups is 1. The Morgan fingerprint density at radius 1 is 1.50 bits per heavy atom. The van der Waals surface area contributed by atoms with Gasteiger partial charge in [-0.05, 0) is 25.3 Å². The summed E-state index contributed by atoms with van der Waals surface area (Å²) in [5.41, 5.74) is 0.643. The summed E-state index contributed by atoms with van der Waals surface area (Å²) in [6.07, 6.45) is 3.16. The SMILES string of the molecule is CCC(=CCNCC1CCS(=O)(=O)C1)C(=O)OC. The van der Waals surface area contributed by atoms with Crippen LogP contribution in [0.25, 0.3) is 0 Å². The standard InChI is InChI=1S/C12H21NO4S/c1-3-11(12(14)17-2)4-6-13-8-10-5-7-18(15,16)9-10/h4,10,13H,3,5-9H2,1-2H3. The van der Waals surface area contributed by atoms with Crippen molar-refractivity contribution in [2.75, 3.05) is 31.7 Å². The number of hydrogen-bond donors (Lipinski definition) is 1. The van der Waals surface area contributed by atoms with Crippen molar-refractivity contribution >= 4 is 15.8 Å². The normalized spacial score (nSPS) is 23.0. The lowest BCUT2D eigenvalue weighted by molar-refractivity contribution is -0.136. The van der Waals surface area contributed by atoms with E-state index in [1.807, 2.05) is 6.92 Å². The Hall–Kier alpha value is -0.880. The molecular weight excluding hydrogens is 254 g/mol. The summed E-state index contributed by atoms with van der Waals surface area (Å²) in [5.74, 6) is 0.480. The zero-order valence-electron chi connectivity index (χ0n) is 10.9. The maximum atomic E-state index is 11.3. The summed E-state index contributed by atoms with van der Waals surface area (Å²) in [7, 11) is -1.44. The third-order valence-electron chi connectivity index (χ3n) is 3.08. The van der Waals surface area contributed by atoms with Crippen molar-refractivity contribution in [1.82, 2.24) is 5.32 Å². The van der Waals surface area contributed by atoms with Crippen molar-refractivity contribution < 1.29 is 17.9 Å². The van der Waals surface area contributed by atoms with E-state index < -0.39 is 9.84 Å². The third-order valence-corrected chi connectivity index (χ3v) is 4.92. The van der Waals surface area contributed by atoms with E-state index >= 15 is 0 Å². The first-order valence-corrected chi connectivity index (χ1v) is 7.99. The second-order valence-electron chi connectivity index (χ2n) is 4.50. The van der Waals surface area contributed by atoms with Crippen molar-refractivity contribution in [3.63, 3.8) is 0 Å². The van der Waals surface area contributed by atoms with Gasteiger partial charge in [-0.1, -0.05) is 13.0 Å². The zero-order valence-corrected chi connectivity index (χ0v) is 11.8. The van der Waals surface area contributed by atoms with Gasteiger partial charge in [0.05, 0.1) is 18.6 Å². The summed E-state index contributed by atoms with van der Waals surface area (Å²) >= 11 is 0. The fourth-order valence-corrected chi connectivity index (χ4v) is 3.88. The molecule has 6 heteroatoms. The summed E-state index contributed by atoms with van der Waals surface area (Å²) in [5, 5.41) is 3.16. The Morgan fingerprint density at radius 2 is 2.22 bits per heavy atom. The van der Waals surface area contributed by atoms with E-state index in [-0.39, 0.29) is 17.6 Å². The number of rotatable bonds is 6. The van der Waals surface area contributed by atoms with Crippen LogP contribution in [0.5, 0.6) is 0 Å². The van der Waals surface area contributed by atoms with Crippen LogP contribution in [0.15, 0.2) is 11.6 Å². The molecular formula is C12H21NO4S. The Bertz CT molecular complexity index is 414. The maximum absolute atomic E-state index is 11.3. The van der Waals surface area contributed by atoms with Gasteiger partial charge in [-0.2, -0.15) is 0 Å². The first kappa shape index (κ1) is 15.2. The lowest BCUT2D eigenvalue weighted by Crippen LogP contribution is -2.24. The molecule has 0 spiro atoms. The Morgan fingerprint density at radius 3 is 2.72 bits per heavy atom. The van der Waals surface area contributed by atoms with Crippen LogP contribution in [0.4, 0.5) is 0 Å². The lowest BCUT2D eigenvalue weighted by Gasteiger charge is -2.08. The molecule has 1 unspecified atom stereocenters. The molecule has 0 aromatic carbocycles. The summed E-state index contributed by atoms with van der Waals surface area (Å²) in [4.78, 5) is 11.3. The van der Waals surface area contributed by atoms with E-state index in [1.54, 1.807) is 6.08 Å². The van der Waals surface area contributed by atoms with Gasteiger partial charge in [0.15, 0.2) is 9.84 Å². The molecule has 5 nitrogen and oxygen atoms in total. The topological polar surface area (TPSA) is 72.5 Å². The molecule has 1 fully saturated rings. The first-order chi connectivity index (χ1) is 8.48. The van der Waals surface area contributed by atoms with E-state index in [4.69, 9.17) is 0 Å². The average Bonchev–Trinajstić information content (AvgIpc) is 2.68.